The summed E-state index contributed by atoms with van der Waals surface area (Å²) in [5.41, 5.74) is 3.44. The number of pyridine rings is 1. The van der Waals surface area contributed by atoms with Crippen LogP contribution in [0.15, 0.2) is 60.7 Å². The van der Waals surface area contributed by atoms with Crippen molar-refractivity contribution in [1.29, 1.82) is 0 Å². The van der Waals surface area contributed by atoms with Crippen LogP contribution in [0.5, 0.6) is 0 Å². The Morgan fingerprint density at radius 1 is 1.00 bits per heavy atom. The highest BCUT2D eigenvalue weighted by Gasteiger charge is 2.15. The number of hydrogen-bond acceptors (Lipinski definition) is 4. The topological polar surface area (TPSA) is 108 Å². The van der Waals surface area contributed by atoms with Crippen LogP contribution in [0.3, 0.4) is 0 Å². The van der Waals surface area contributed by atoms with Gasteiger partial charge in [-0.2, -0.15) is 0 Å². The van der Waals surface area contributed by atoms with Crippen molar-refractivity contribution < 1.29 is 14.7 Å². The van der Waals surface area contributed by atoms with Crippen LogP contribution in [-0.2, 0) is 0 Å². The number of aromatic carboxylic acids is 1. The van der Waals surface area contributed by atoms with Gasteiger partial charge in [0.25, 0.3) is 5.91 Å². The fourth-order valence-corrected chi connectivity index (χ4v) is 2.93. The zero-order valence-corrected chi connectivity index (χ0v) is 15.9. The van der Waals surface area contributed by atoms with Gasteiger partial charge in [0.15, 0.2) is 0 Å². The first kappa shape index (κ1) is 18.9. The monoisotopic (exact) mass is 396 g/mol. The summed E-state index contributed by atoms with van der Waals surface area (Å²) in [7, 11) is 0. The van der Waals surface area contributed by atoms with Gasteiger partial charge in [0.2, 0.25) is 5.95 Å². The number of aryl methyl sites for hydroxylation is 1. The van der Waals surface area contributed by atoms with E-state index in [0.717, 1.165) is 11.1 Å². The molecule has 0 saturated heterocycles. The van der Waals surface area contributed by atoms with E-state index < -0.39 is 11.9 Å². The maximum Gasteiger partial charge on any atom is 0.337 e. The molecule has 146 valence electrons. The van der Waals surface area contributed by atoms with Gasteiger partial charge < -0.3 is 10.1 Å². The van der Waals surface area contributed by atoms with Crippen LogP contribution in [-0.4, -0.2) is 31.9 Å². The van der Waals surface area contributed by atoms with E-state index >= 15 is 0 Å². The maximum atomic E-state index is 12.6. The third kappa shape index (κ3) is 4.03. The molecule has 0 spiro atoms. The molecule has 2 heterocycles. The number of carboxylic acid groups (broad SMARTS) is 1. The highest BCUT2D eigenvalue weighted by molar-refractivity contribution is 6.04. The highest BCUT2D eigenvalue weighted by Crippen LogP contribution is 2.19. The van der Waals surface area contributed by atoms with Crippen LogP contribution < -0.4 is 5.32 Å². The number of carbonyl (C=O) groups is 2. The summed E-state index contributed by atoms with van der Waals surface area (Å²) in [6, 6.07) is 17.5. The van der Waals surface area contributed by atoms with Gasteiger partial charge in [-0.1, -0.05) is 30.2 Å². The summed E-state index contributed by atoms with van der Waals surface area (Å²) in [4.78, 5) is 35.3. The van der Waals surface area contributed by atoms with E-state index in [1.807, 2.05) is 31.2 Å². The van der Waals surface area contributed by atoms with E-state index in [2.05, 4.69) is 32.1 Å². The van der Waals surface area contributed by atoms with Gasteiger partial charge in [-0.15, -0.1) is 0 Å². The minimum Gasteiger partial charge on any atom is -0.478 e. The number of hydrogen-bond donors (Lipinski definition) is 3. The highest BCUT2D eigenvalue weighted by atomic mass is 16.4. The predicted octanol–water partition coefficient (Wildman–Crippen LogP) is 3.62. The zero-order chi connectivity index (χ0) is 21.1. The van der Waals surface area contributed by atoms with E-state index in [0.29, 0.717) is 11.2 Å². The molecule has 7 nitrogen and oxygen atoms in total. The molecule has 0 saturated carbocycles. The summed E-state index contributed by atoms with van der Waals surface area (Å²) in [5.74, 6) is 4.56. The average molecular weight is 396 g/mol. The number of carboxylic acids is 1. The van der Waals surface area contributed by atoms with Gasteiger partial charge in [0, 0.05) is 5.56 Å². The number of aromatic amines is 1. The molecule has 4 rings (SSSR count). The molecule has 4 aromatic rings. The summed E-state index contributed by atoms with van der Waals surface area (Å²) in [6.07, 6.45) is 0. The smallest absolute Gasteiger partial charge is 0.337 e. The van der Waals surface area contributed by atoms with Crippen LogP contribution >= 0.6 is 0 Å². The third-order valence-corrected chi connectivity index (χ3v) is 4.31. The molecule has 7 heteroatoms. The van der Waals surface area contributed by atoms with E-state index in [1.54, 1.807) is 30.3 Å². The number of fused-ring (bicyclic) bond motifs is 1. The molecule has 0 aliphatic carbocycles. The quantitative estimate of drug-likeness (QED) is 0.459. The molecule has 0 bridgehead atoms. The Kier molecular flexibility index (Phi) is 4.97. The Hall–Kier alpha value is -4.44. The molecule has 0 aliphatic heterocycles. The van der Waals surface area contributed by atoms with Crippen LogP contribution in [0, 0.1) is 18.8 Å². The Morgan fingerprint density at radius 2 is 1.80 bits per heavy atom. The molecule has 30 heavy (non-hydrogen) atoms. The van der Waals surface area contributed by atoms with Crippen LogP contribution in [0.25, 0.3) is 11.0 Å². The Morgan fingerprint density at radius 3 is 2.60 bits per heavy atom. The van der Waals surface area contributed by atoms with E-state index in [9.17, 15) is 14.7 Å². The number of para-hydroxylation sites is 1. The number of benzene rings is 2. The number of imidazole rings is 1. The molecule has 0 fully saturated rings. The number of rotatable bonds is 3. The maximum absolute atomic E-state index is 12.6. The second-order valence-electron chi connectivity index (χ2n) is 6.57. The number of carbonyl (C=O) groups excluding carboxylic acids is 1. The second kappa shape index (κ2) is 7.89. The first-order valence-corrected chi connectivity index (χ1v) is 9.09. The molecule has 2 aromatic heterocycles. The van der Waals surface area contributed by atoms with Gasteiger partial charge in [-0.3, -0.25) is 10.1 Å². The van der Waals surface area contributed by atoms with Crippen LogP contribution in [0.4, 0.5) is 5.95 Å². The van der Waals surface area contributed by atoms with E-state index in [-0.39, 0.29) is 22.7 Å². The molecule has 2 aromatic carbocycles. The summed E-state index contributed by atoms with van der Waals surface area (Å²) in [5, 5.41) is 11.9. The van der Waals surface area contributed by atoms with Crippen molar-refractivity contribution in [1.82, 2.24) is 15.0 Å². The zero-order valence-electron chi connectivity index (χ0n) is 15.9. The van der Waals surface area contributed by atoms with Gasteiger partial charge in [-0.05, 0) is 54.8 Å². The molecule has 0 unspecified atom stereocenters. The molecular formula is C23H16N4O3. The number of H-pyrrole nitrogens is 1. The lowest BCUT2D eigenvalue weighted by atomic mass is 10.1. The average Bonchev–Trinajstić information content (AvgIpc) is 3.14. The second-order valence-corrected chi connectivity index (χ2v) is 6.57. The largest absolute Gasteiger partial charge is 0.478 e. The third-order valence-electron chi connectivity index (χ3n) is 4.31. The summed E-state index contributed by atoms with van der Waals surface area (Å²) in [6.45, 7) is 1.99. The number of nitrogens with one attached hydrogen (secondary N) is 2. The van der Waals surface area contributed by atoms with Crippen molar-refractivity contribution >= 4 is 28.9 Å². The Balaban J connectivity index is 1.56. The van der Waals surface area contributed by atoms with Crippen molar-refractivity contribution in [3.8, 4) is 11.8 Å². The lowest BCUT2D eigenvalue weighted by Gasteiger charge is -2.01. The molecule has 0 atom stereocenters. The Bertz CT molecular complexity index is 1350. The van der Waals surface area contributed by atoms with Crippen molar-refractivity contribution in [3.05, 3.63) is 88.7 Å². The molecule has 3 N–H and O–H groups in total. The van der Waals surface area contributed by atoms with E-state index in [4.69, 9.17) is 0 Å². The van der Waals surface area contributed by atoms with Gasteiger partial charge in [-0.25, -0.2) is 14.8 Å². The van der Waals surface area contributed by atoms with E-state index in [1.165, 1.54) is 6.07 Å². The fraction of sp³-hybridized carbons (Fsp3) is 0.0435. The SMILES string of the molecule is Cc1cccc(C#Cc2cccc(C(=O)Nc3nc4c(C(=O)O)cccc4[nH]3)n2)c1. The predicted molar refractivity (Wildman–Crippen MR) is 112 cm³/mol. The summed E-state index contributed by atoms with van der Waals surface area (Å²) < 4.78 is 0. The molecule has 0 aliphatic rings. The Labute approximate surface area is 171 Å². The summed E-state index contributed by atoms with van der Waals surface area (Å²) >= 11 is 0. The van der Waals surface area contributed by atoms with Crippen LogP contribution in [0.1, 0.15) is 37.7 Å². The minimum absolute atomic E-state index is 0.0517. The van der Waals surface area contributed by atoms with Gasteiger partial charge in [0.1, 0.15) is 16.9 Å². The molecule has 1 amide bonds. The number of anilines is 1. The van der Waals surface area contributed by atoms with Crippen molar-refractivity contribution in [2.45, 2.75) is 6.92 Å². The number of aromatic nitrogens is 3. The normalized spacial score (nSPS) is 10.3. The first-order valence-electron chi connectivity index (χ1n) is 9.09. The van der Waals surface area contributed by atoms with Crippen molar-refractivity contribution in [2.75, 3.05) is 5.32 Å². The number of amides is 1. The van der Waals surface area contributed by atoms with Crippen LogP contribution in [0.2, 0.25) is 0 Å². The van der Waals surface area contributed by atoms with Gasteiger partial charge >= 0.3 is 5.97 Å². The standard InChI is InChI=1S/C23H16N4O3/c1-14-5-2-6-15(13-14)11-12-16-7-3-10-19(24-16)21(28)27-23-25-18-9-4-8-17(22(29)30)20(18)26-23/h2-10,13H,1H3,(H,29,30)(H2,25,26,27,28). The molecule has 0 radical (unpaired) electrons. The number of nitrogens with zero attached hydrogens (tertiary/aromatic N) is 2. The lowest BCUT2D eigenvalue weighted by molar-refractivity contribution is 0.0698. The first-order chi connectivity index (χ1) is 14.5. The molecular weight excluding hydrogens is 380 g/mol. The van der Waals surface area contributed by atoms with Gasteiger partial charge in [0.05, 0.1) is 11.1 Å². The van der Waals surface area contributed by atoms with Crippen molar-refractivity contribution in [3.63, 3.8) is 0 Å². The lowest BCUT2D eigenvalue weighted by Crippen LogP contribution is -2.15. The van der Waals surface area contributed by atoms with Crippen molar-refractivity contribution in [2.24, 2.45) is 0 Å². The minimum atomic E-state index is -1.09. The fourth-order valence-electron chi connectivity index (χ4n) is 2.93.